The molecule has 1 aliphatic rings. The molecule has 1 saturated heterocycles. The molecule has 2 heterocycles. The third kappa shape index (κ3) is 2.79. The standard InChI is InChI=1S/C15H19N3O/c16-15-14(10-17-19-15)13-6-4-12(5-7-13)11-18-8-2-1-3-9-18/h4-7,10H,1-3,8-9,11,16H2. The van der Waals surface area contributed by atoms with Crippen LogP contribution in [0.3, 0.4) is 0 Å². The second-order valence-corrected chi connectivity index (χ2v) is 5.14. The number of aromatic nitrogens is 1. The molecule has 2 aromatic rings. The van der Waals surface area contributed by atoms with Crippen molar-refractivity contribution in [2.24, 2.45) is 0 Å². The molecular formula is C15H19N3O. The van der Waals surface area contributed by atoms with E-state index in [9.17, 15) is 0 Å². The monoisotopic (exact) mass is 257 g/mol. The van der Waals surface area contributed by atoms with Gasteiger partial charge in [0.1, 0.15) is 0 Å². The highest BCUT2D eigenvalue weighted by molar-refractivity contribution is 5.71. The predicted octanol–water partition coefficient (Wildman–Crippen LogP) is 2.91. The number of likely N-dealkylation sites (tertiary alicyclic amines) is 1. The topological polar surface area (TPSA) is 55.3 Å². The molecule has 4 nitrogen and oxygen atoms in total. The Morgan fingerprint density at radius 3 is 2.47 bits per heavy atom. The van der Waals surface area contributed by atoms with Gasteiger partial charge in [-0.1, -0.05) is 35.8 Å². The lowest BCUT2D eigenvalue weighted by Crippen LogP contribution is -2.28. The van der Waals surface area contributed by atoms with Crippen molar-refractivity contribution >= 4 is 5.88 Å². The molecule has 2 N–H and O–H groups in total. The zero-order valence-corrected chi connectivity index (χ0v) is 11.0. The van der Waals surface area contributed by atoms with Crippen LogP contribution >= 0.6 is 0 Å². The largest absolute Gasteiger partial charge is 0.367 e. The lowest BCUT2D eigenvalue weighted by atomic mass is 10.1. The summed E-state index contributed by atoms with van der Waals surface area (Å²) in [5.41, 5.74) is 8.99. The Hall–Kier alpha value is -1.81. The zero-order chi connectivity index (χ0) is 13.1. The van der Waals surface area contributed by atoms with E-state index in [1.165, 1.54) is 37.9 Å². The minimum Gasteiger partial charge on any atom is -0.367 e. The smallest absolute Gasteiger partial charge is 0.229 e. The molecule has 3 rings (SSSR count). The van der Waals surface area contributed by atoms with Crippen molar-refractivity contribution in [1.29, 1.82) is 0 Å². The van der Waals surface area contributed by atoms with Gasteiger partial charge in [-0.25, -0.2) is 0 Å². The fourth-order valence-electron chi connectivity index (χ4n) is 2.63. The van der Waals surface area contributed by atoms with Crippen LogP contribution in [0.2, 0.25) is 0 Å². The van der Waals surface area contributed by atoms with Gasteiger partial charge in [0.05, 0.1) is 11.8 Å². The number of anilines is 1. The Bertz CT molecular complexity index is 527. The SMILES string of the molecule is Nc1oncc1-c1ccc(CN2CCCCC2)cc1. The van der Waals surface area contributed by atoms with Crippen molar-refractivity contribution in [3.8, 4) is 11.1 Å². The van der Waals surface area contributed by atoms with Crippen LogP contribution in [0.4, 0.5) is 5.88 Å². The van der Waals surface area contributed by atoms with E-state index in [1.807, 2.05) is 0 Å². The summed E-state index contributed by atoms with van der Waals surface area (Å²) in [7, 11) is 0. The van der Waals surface area contributed by atoms with Crippen molar-refractivity contribution in [3.05, 3.63) is 36.0 Å². The van der Waals surface area contributed by atoms with E-state index in [0.29, 0.717) is 5.88 Å². The summed E-state index contributed by atoms with van der Waals surface area (Å²) in [5.74, 6) is 0.379. The molecule has 0 amide bonds. The van der Waals surface area contributed by atoms with Crippen LogP contribution in [0.1, 0.15) is 24.8 Å². The summed E-state index contributed by atoms with van der Waals surface area (Å²) >= 11 is 0. The molecule has 1 aromatic heterocycles. The minimum atomic E-state index is 0.379. The summed E-state index contributed by atoms with van der Waals surface area (Å²) in [6.45, 7) is 3.49. The summed E-state index contributed by atoms with van der Waals surface area (Å²) in [6.07, 6.45) is 5.70. The maximum atomic E-state index is 5.72. The molecular weight excluding hydrogens is 238 g/mol. The third-order valence-electron chi connectivity index (χ3n) is 3.72. The quantitative estimate of drug-likeness (QED) is 0.918. The molecule has 0 unspecified atom stereocenters. The van der Waals surface area contributed by atoms with Gasteiger partial charge in [0, 0.05) is 6.54 Å². The van der Waals surface area contributed by atoms with Crippen LogP contribution < -0.4 is 5.73 Å². The number of benzene rings is 1. The van der Waals surface area contributed by atoms with Gasteiger partial charge in [0.2, 0.25) is 5.88 Å². The van der Waals surface area contributed by atoms with Crippen LogP contribution in [-0.4, -0.2) is 23.1 Å². The minimum absolute atomic E-state index is 0.379. The molecule has 1 aromatic carbocycles. The first-order valence-corrected chi connectivity index (χ1v) is 6.85. The highest BCUT2D eigenvalue weighted by Crippen LogP contribution is 2.25. The van der Waals surface area contributed by atoms with Crippen molar-refractivity contribution < 1.29 is 4.52 Å². The van der Waals surface area contributed by atoms with Crippen LogP contribution in [-0.2, 0) is 6.54 Å². The number of piperidine rings is 1. The van der Waals surface area contributed by atoms with Crippen molar-refractivity contribution in [1.82, 2.24) is 10.1 Å². The van der Waals surface area contributed by atoms with Crippen LogP contribution in [0, 0.1) is 0 Å². The van der Waals surface area contributed by atoms with Crippen LogP contribution in [0.5, 0.6) is 0 Å². The summed E-state index contributed by atoms with van der Waals surface area (Å²) < 4.78 is 4.89. The molecule has 0 spiro atoms. The molecule has 4 heteroatoms. The van der Waals surface area contributed by atoms with Crippen molar-refractivity contribution in [3.63, 3.8) is 0 Å². The molecule has 0 saturated carbocycles. The van der Waals surface area contributed by atoms with Crippen LogP contribution in [0.15, 0.2) is 35.0 Å². The molecule has 0 aliphatic carbocycles. The van der Waals surface area contributed by atoms with E-state index in [2.05, 4.69) is 34.3 Å². The molecule has 100 valence electrons. The van der Waals surface area contributed by atoms with Gasteiger partial charge >= 0.3 is 0 Å². The maximum Gasteiger partial charge on any atom is 0.229 e. The zero-order valence-electron chi connectivity index (χ0n) is 11.0. The van der Waals surface area contributed by atoms with Gasteiger partial charge in [0.15, 0.2) is 0 Å². The van der Waals surface area contributed by atoms with Crippen LogP contribution in [0.25, 0.3) is 11.1 Å². The normalized spacial score (nSPS) is 16.6. The van der Waals surface area contributed by atoms with Gasteiger partial charge in [-0.05, 0) is 37.1 Å². The number of hydrogen-bond acceptors (Lipinski definition) is 4. The molecule has 19 heavy (non-hydrogen) atoms. The van der Waals surface area contributed by atoms with Gasteiger partial charge in [-0.2, -0.15) is 0 Å². The third-order valence-corrected chi connectivity index (χ3v) is 3.72. The number of hydrogen-bond donors (Lipinski definition) is 1. The second-order valence-electron chi connectivity index (χ2n) is 5.14. The summed E-state index contributed by atoms with van der Waals surface area (Å²) in [4.78, 5) is 2.52. The number of nitrogens with two attached hydrogens (primary N) is 1. The molecule has 1 aliphatic heterocycles. The Kier molecular flexibility index (Phi) is 3.51. The highest BCUT2D eigenvalue weighted by Gasteiger charge is 2.11. The fraction of sp³-hybridized carbons (Fsp3) is 0.400. The lowest BCUT2D eigenvalue weighted by molar-refractivity contribution is 0.221. The first-order chi connectivity index (χ1) is 9.33. The first kappa shape index (κ1) is 12.2. The second kappa shape index (κ2) is 5.45. The van der Waals surface area contributed by atoms with E-state index >= 15 is 0 Å². The molecule has 0 radical (unpaired) electrons. The summed E-state index contributed by atoms with van der Waals surface area (Å²) in [6, 6.07) is 8.50. The number of nitrogen functional groups attached to an aromatic ring is 1. The van der Waals surface area contributed by atoms with E-state index in [0.717, 1.165) is 17.7 Å². The molecule has 0 atom stereocenters. The predicted molar refractivity (Wildman–Crippen MR) is 75.5 cm³/mol. The van der Waals surface area contributed by atoms with Gasteiger partial charge < -0.3 is 10.3 Å². The summed E-state index contributed by atoms with van der Waals surface area (Å²) in [5, 5.41) is 3.71. The maximum absolute atomic E-state index is 5.72. The first-order valence-electron chi connectivity index (χ1n) is 6.85. The lowest BCUT2D eigenvalue weighted by Gasteiger charge is -2.26. The molecule has 0 bridgehead atoms. The molecule has 1 fully saturated rings. The van der Waals surface area contributed by atoms with Gasteiger partial charge in [0.25, 0.3) is 0 Å². The van der Waals surface area contributed by atoms with E-state index < -0.39 is 0 Å². The number of nitrogens with zero attached hydrogens (tertiary/aromatic N) is 2. The van der Waals surface area contributed by atoms with Crippen molar-refractivity contribution in [2.45, 2.75) is 25.8 Å². The van der Waals surface area contributed by atoms with Gasteiger partial charge in [-0.15, -0.1) is 0 Å². The Morgan fingerprint density at radius 2 is 1.84 bits per heavy atom. The van der Waals surface area contributed by atoms with Gasteiger partial charge in [-0.3, -0.25) is 4.90 Å². The van der Waals surface area contributed by atoms with E-state index in [-0.39, 0.29) is 0 Å². The Morgan fingerprint density at radius 1 is 1.11 bits per heavy atom. The Balaban J connectivity index is 1.70. The Labute approximate surface area is 113 Å². The average molecular weight is 257 g/mol. The highest BCUT2D eigenvalue weighted by atomic mass is 16.5. The van der Waals surface area contributed by atoms with Crippen molar-refractivity contribution in [2.75, 3.05) is 18.8 Å². The number of rotatable bonds is 3. The average Bonchev–Trinajstić information content (AvgIpc) is 2.87. The van der Waals surface area contributed by atoms with E-state index in [4.69, 9.17) is 10.3 Å². The van der Waals surface area contributed by atoms with E-state index in [1.54, 1.807) is 6.20 Å². The fourth-order valence-corrected chi connectivity index (χ4v) is 2.63.